The summed E-state index contributed by atoms with van der Waals surface area (Å²) in [5.74, 6) is 0.537. The maximum atomic E-state index is 10.6. The van der Waals surface area contributed by atoms with Crippen LogP contribution in [0.2, 0.25) is 0 Å². The van der Waals surface area contributed by atoms with Gasteiger partial charge >= 0.3 is 0 Å². The third-order valence-corrected chi connectivity index (χ3v) is 1.62. The predicted molar refractivity (Wildman–Crippen MR) is 42.5 cm³/mol. The van der Waals surface area contributed by atoms with Gasteiger partial charge in [0.05, 0.1) is 0 Å². The number of aromatic nitrogens is 2. The lowest BCUT2D eigenvalue weighted by atomic mass is 10.6. The largest absolute Gasteiger partial charge is 0.345 e. The standard InChI is InChI=1S/C6H8N2O2S/c1-11(9,10)5-2-6-7-3-4-8-6/h2-5H,1H3,(H,7,8)/b5-2+. The molecule has 0 saturated carbocycles. The van der Waals surface area contributed by atoms with Crippen molar-refractivity contribution in [3.63, 3.8) is 0 Å². The van der Waals surface area contributed by atoms with Gasteiger partial charge in [-0.2, -0.15) is 0 Å². The number of H-pyrrole nitrogens is 1. The lowest BCUT2D eigenvalue weighted by molar-refractivity contribution is 0.610. The Morgan fingerprint density at radius 1 is 1.64 bits per heavy atom. The highest BCUT2D eigenvalue weighted by molar-refractivity contribution is 7.93. The van der Waals surface area contributed by atoms with E-state index in [1.807, 2.05) is 0 Å². The van der Waals surface area contributed by atoms with Gasteiger partial charge in [0, 0.05) is 24.1 Å². The monoisotopic (exact) mass is 172 g/mol. The van der Waals surface area contributed by atoms with E-state index >= 15 is 0 Å². The van der Waals surface area contributed by atoms with Gasteiger partial charge in [-0.15, -0.1) is 0 Å². The summed E-state index contributed by atoms with van der Waals surface area (Å²) in [6.45, 7) is 0. The lowest BCUT2D eigenvalue weighted by Crippen LogP contribution is -1.87. The first kappa shape index (κ1) is 8.00. The average Bonchev–Trinajstić information content (AvgIpc) is 2.32. The van der Waals surface area contributed by atoms with Crippen LogP contribution in [-0.4, -0.2) is 24.6 Å². The molecule has 0 unspecified atom stereocenters. The molecule has 0 amide bonds. The van der Waals surface area contributed by atoms with Gasteiger partial charge in [-0.25, -0.2) is 13.4 Å². The van der Waals surface area contributed by atoms with Crippen molar-refractivity contribution in [2.24, 2.45) is 0 Å². The number of rotatable bonds is 2. The summed E-state index contributed by atoms with van der Waals surface area (Å²) in [7, 11) is -3.04. The van der Waals surface area contributed by atoms with E-state index in [0.29, 0.717) is 5.82 Å². The molecule has 4 nitrogen and oxygen atoms in total. The third-order valence-electron chi connectivity index (χ3n) is 0.992. The summed E-state index contributed by atoms with van der Waals surface area (Å²) in [6.07, 6.45) is 5.73. The second-order valence-corrected chi connectivity index (χ2v) is 4.04. The normalized spacial score (nSPS) is 12.5. The molecule has 60 valence electrons. The van der Waals surface area contributed by atoms with Gasteiger partial charge < -0.3 is 4.98 Å². The minimum absolute atomic E-state index is 0.537. The van der Waals surface area contributed by atoms with Crippen LogP contribution in [0.15, 0.2) is 17.8 Å². The number of sulfone groups is 1. The van der Waals surface area contributed by atoms with Crippen LogP contribution in [0.1, 0.15) is 5.82 Å². The van der Waals surface area contributed by atoms with Gasteiger partial charge in [0.1, 0.15) is 5.82 Å². The summed E-state index contributed by atoms with van der Waals surface area (Å²) >= 11 is 0. The molecule has 0 saturated heterocycles. The maximum Gasteiger partial charge on any atom is 0.168 e. The van der Waals surface area contributed by atoms with Crippen LogP contribution in [0.25, 0.3) is 6.08 Å². The molecule has 0 aromatic carbocycles. The molecule has 0 radical (unpaired) electrons. The zero-order chi connectivity index (χ0) is 8.32. The molecule has 11 heavy (non-hydrogen) atoms. The van der Waals surface area contributed by atoms with E-state index in [9.17, 15) is 8.42 Å². The molecule has 5 heteroatoms. The molecule has 0 spiro atoms. The molecular weight excluding hydrogens is 164 g/mol. The van der Waals surface area contributed by atoms with Gasteiger partial charge in [-0.3, -0.25) is 0 Å². The van der Waals surface area contributed by atoms with Gasteiger partial charge in [0.25, 0.3) is 0 Å². The van der Waals surface area contributed by atoms with Gasteiger partial charge in [0.15, 0.2) is 9.84 Å². The number of hydrogen-bond acceptors (Lipinski definition) is 3. The zero-order valence-corrected chi connectivity index (χ0v) is 6.80. The molecule has 1 aromatic rings. The minimum atomic E-state index is -3.04. The summed E-state index contributed by atoms with van der Waals surface area (Å²) in [4.78, 5) is 6.56. The van der Waals surface area contributed by atoms with Crippen LogP contribution in [0, 0.1) is 0 Å². The van der Waals surface area contributed by atoms with E-state index in [2.05, 4.69) is 9.97 Å². The molecule has 0 fully saturated rings. The molecule has 0 bridgehead atoms. The number of nitrogens with one attached hydrogen (secondary N) is 1. The average molecular weight is 172 g/mol. The highest BCUT2D eigenvalue weighted by Crippen LogP contribution is 1.94. The summed E-state index contributed by atoms with van der Waals surface area (Å²) in [6, 6.07) is 0. The fourth-order valence-corrected chi connectivity index (χ4v) is 0.933. The lowest BCUT2D eigenvalue weighted by Gasteiger charge is -1.83. The van der Waals surface area contributed by atoms with Gasteiger partial charge in [-0.05, 0) is 6.08 Å². The summed E-state index contributed by atoms with van der Waals surface area (Å²) in [5.41, 5.74) is 0. The topological polar surface area (TPSA) is 62.8 Å². The molecule has 1 heterocycles. The van der Waals surface area contributed by atoms with Crippen LogP contribution in [0.5, 0.6) is 0 Å². The van der Waals surface area contributed by atoms with Crippen molar-refractivity contribution in [1.29, 1.82) is 0 Å². The maximum absolute atomic E-state index is 10.6. The van der Waals surface area contributed by atoms with Crippen molar-refractivity contribution in [2.45, 2.75) is 0 Å². The van der Waals surface area contributed by atoms with Crippen LogP contribution in [0.4, 0.5) is 0 Å². The van der Waals surface area contributed by atoms with E-state index in [4.69, 9.17) is 0 Å². The zero-order valence-electron chi connectivity index (χ0n) is 5.98. The highest BCUT2D eigenvalue weighted by atomic mass is 32.2. The van der Waals surface area contributed by atoms with Crippen LogP contribution in [-0.2, 0) is 9.84 Å². The number of aromatic amines is 1. The second-order valence-electron chi connectivity index (χ2n) is 2.11. The number of hydrogen-bond donors (Lipinski definition) is 1. The summed E-state index contributed by atoms with van der Waals surface area (Å²) < 4.78 is 21.2. The first-order valence-corrected chi connectivity index (χ1v) is 4.91. The first-order chi connectivity index (χ1) is 5.08. The Morgan fingerprint density at radius 3 is 2.82 bits per heavy atom. The van der Waals surface area contributed by atoms with E-state index in [1.165, 1.54) is 6.08 Å². The Balaban J connectivity index is 2.79. The molecule has 1 N–H and O–H groups in total. The fraction of sp³-hybridized carbons (Fsp3) is 0.167. The highest BCUT2D eigenvalue weighted by Gasteiger charge is 1.93. The van der Waals surface area contributed by atoms with Crippen LogP contribution in [0.3, 0.4) is 0 Å². The van der Waals surface area contributed by atoms with Crippen LogP contribution < -0.4 is 0 Å². The van der Waals surface area contributed by atoms with E-state index in [1.54, 1.807) is 12.4 Å². The molecule has 0 aliphatic rings. The number of nitrogens with zero attached hydrogens (tertiary/aromatic N) is 1. The third kappa shape index (κ3) is 2.99. The Morgan fingerprint density at radius 2 is 2.36 bits per heavy atom. The molecule has 0 atom stereocenters. The van der Waals surface area contributed by atoms with E-state index in [0.717, 1.165) is 11.7 Å². The second kappa shape index (κ2) is 2.87. The SMILES string of the molecule is CS(=O)(=O)/C=C/c1ncc[nH]1. The minimum Gasteiger partial charge on any atom is -0.345 e. The number of imidazole rings is 1. The van der Waals surface area contributed by atoms with Gasteiger partial charge in [-0.1, -0.05) is 0 Å². The van der Waals surface area contributed by atoms with Crippen LogP contribution >= 0.6 is 0 Å². The van der Waals surface area contributed by atoms with Crippen molar-refractivity contribution in [3.05, 3.63) is 23.6 Å². The molecule has 1 rings (SSSR count). The smallest absolute Gasteiger partial charge is 0.168 e. The Bertz CT molecular complexity index is 337. The quantitative estimate of drug-likeness (QED) is 0.703. The molecule has 0 aliphatic carbocycles. The van der Waals surface area contributed by atoms with Gasteiger partial charge in [0.2, 0.25) is 0 Å². The first-order valence-electron chi connectivity index (χ1n) is 2.95. The fourth-order valence-electron chi connectivity index (χ4n) is 0.557. The predicted octanol–water partition coefficient (Wildman–Crippen LogP) is 0.425. The Labute approximate surface area is 64.9 Å². The van der Waals surface area contributed by atoms with E-state index < -0.39 is 9.84 Å². The Hall–Kier alpha value is -1.10. The molecular formula is C6H8N2O2S. The summed E-state index contributed by atoms with van der Waals surface area (Å²) in [5, 5.41) is 1.10. The van der Waals surface area contributed by atoms with E-state index in [-0.39, 0.29) is 0 Å². The van der Waals surface area contributed by atoms with Crippen molar-refractivity contribution in [3.8, 4) is 0 Å². The Kier molecular flexibility index (Phi) is 2.09. The van der Waals surface area contributed by atoms with Crippen molar-refractivity contribution >= 4 is 15.9 Å². The molecule has 1 aromatic heterocycles. The molecule has 0 aliphatic heterocycles. The van der Waals surface area contributed by atoms with Crippen molar-refractivity contribution < 1.29 is 8.42 Å². The van der Waals surface area contributed by atoms with Crippen molar-refractivity contribution in [1.82, 2.24) is 9.97 Å². The van der Waals surface area contributed by atoms with Crippen molar-refractivity contribution in [2.75, 3.05) is 6.26 Å².